The molecule has 2 atom stereocenters. The van der Waals surface area contributed by atoms with Gasteiger partial charge in [0.1, 0.15) is 0 Å². The van der Waals surface area contributed by atoms with Gasteiger partial charge in [0.25, 0.3) is 0 Å². The van der Waals surface area contributed by atoms with Crippen LogP contribution in [0.2, 0.25) is 4.13 Å². The Labute approximate surface area is 299 Å². The molecule has 0 heterocycles. The van der Waals surface area contributed by atoms with Gasteiger partial charge >= 0.3 is 302 Å². The molecular weight excluding hydrogens is 715 g/mol. The monoisotopic (exact) mass is 755 g/mol. The summed E-state index contributed by atoms with van der Waals surface area (Å²) in [5.74, 6) is 0. The Bertz CT molecular complexity index is 2210. The minimum absolute atomic E-state index is 0.0461. The Morgan fingerprint density at radius 2 is 0.918 bits per heavy atom. The Hall–Kier alpha value is -3.22. The quantitative estimate of drug-likeness (QED) is 0.152. The molecule has 2 aliphatic rings. The number of aryl methyl sites for hydroxylation is 2. The van der Waals surface area contributed by atoms with Crippen molar-refractivity contribution in [2.45, 2.75) is 58.8 Å². The predicted molar refractivity (Wildman–Crippen MR) is 212 cm³/mol. The molecule has 0 nitrogen and oxygen atoms in total. The van der Waals surface area contributed by atoms with Crippen LogP contribution in [0.25, 0.3) is 56.0 Å². The van der Waals surface area contributed by atoms with Crippen LogP contribution in [0.1, 0.15) is 74.2 Å². The molecule has 0 radical (unpaired) electrons. The molecule has 0 bridgehead atoms. The van der Waals surface area contributed by atoms with Crippen molar-refractivity contribution in [1.82, 2.24) is 0 Å². The van der Waals surface area contributed by atoms with Gasteiger partial charge in [-0.3, -0.25) is 0 Å². The molecule has 49 heavy (non-hydrogen) atoms. The maximum atomic E-state index is 8.58. The number of hydrogen-bond acceptors (Lipinski definition) is 0. The maximum absolute atomic E-state index is 8.58. The number of halogens is 2. The Kier molecular flexibility index (Phi) is 8.23. The summed E-state index contributed by atoms with van der Waals surface area (Å²) in [6.07, 6.45) is 6.80. The third-order valence-electron chi connectivity index (χ3n) is 11.8. The summed E-state index contributed by atoms with van der Waals surface area (Å²) in [5, 5.41) is 5.04. The van der Waals surface area contributed by atoms with Gasteiger partial charge in [-0.1, -0.05) is 0 Å². The van der Waals surface area contributed by atoms with Crippen molar-refractivity contribution in [2.24, 2.45) is 0 Å². The van der Waals surface area contributed by atoms with E-state index in [-0.39, 0.29) is 7.25 Å². The molecule has 0 aliphatic heterocycles. The van der Waals surface area contributed by atoms with E-state index in [1.807, 2.05) is 0 Å². The van der Waals surface area contributed by atoms with Gasteiger partial charge in [-0.25, -0.2) is 0 Å². The summed E-state index contributed by atoms with van der Waals surface area (Å²) >= 11 is -4.91. The van der Waals surface area contributed by atoms with E-state index in [0.29, 0.717) is 0 Å². The summed E-state index contributed by atoms with van der Waals surface area (Å²) in [6, 6.07) is 40.2. The predicted octanol–water partition coefficient (Wildman–Crippen LogP) is 14.8. The molecule has 0 saturated carbocycles. The Morgan fingerprint density at radius 3 is 1.31 bits per heavy atom. The van der Waals surface area contributed by atoms with Gasteiger partial charge in [0.15, 0.2) is 0 Å². The van der Waals surface area contributed by atoms with Crippen molar-refractivity contribution in [1.29, 1.82) is 0 Å². The van der Waals surface area contributed by atoms with Crippen LogP contribution in [-0.2, 0) is 16.4 Å². The van der Waals surface area contributed by atoms with Gasteiger partial charge in [0, 0.05) is 0 Å². The van der Waals surface area contributed by atoms with E-state index in [1.165, 1.54) is 88.3 Å². The number of fused-ring (bicyclic) bond motifs is 4. The van der Waals surface area contributed by atoms with Gasteiger partial charge in [-0.2, -0.15) is 0 Å². The fourth-order valence-corrected chi connectivity index (χ4v) is 27.9. The third kappa shape index (κ3) is 5.10. The van der Waals surface area contributed by atoms with E-state index in [0.717, 1.165) is 17.0 Å². The van der Waals surface area contributed by atoms with Crippen LogP contribution < -0.4 is 0 Å². The van der Waals surface area contributed by atoms with Crippen molar-refractivity contribution in [2.75, 3.05) is 0 Å². The molecule has 2 aliphatic carbocycles. The van der Waals surface area contributed by atoms with Crippen LogP contribution in [0.3, 0.4) is 0 Å². The van der Waals surface area contributed by atoms with Gasteiger partial charge in [-0.15, -0.1) is 0 Å². The van der Waals surface area contributed by atoms with Crippen molar-refractivity contribution >= 4 is 50.7 Å². The second-order valence-electron chi connectivity index (χ2n) is 14.4. The molecule has 0 aromatic heterocycles. The van der Waals surface area contributed by atoms with Crippen molar-refractivity contribution < 1.29 is 16.4 Å². The van der Waals surface area contributed by atoms with E-state index in [9.17, 15) is 0 Å². The van der Waals surface area contributed by atoms with Crippen LogP contribution in [0.15, 0.2) is 120 Å². The molecular formula is C46H43Cl2Zr. The zero-order chi connectivity index (χ0) is 34.1. The van der Waals surface area contributed by atoms with Crippen molar-refractivity contribution in [3.63, 3.8) is 0 Å². The number of benzene rings is 6. The van der Waals surface area contributed by atoms with Crippen molar-refractivity contribution in [3.8, 4) is 22.3 Å². The number of rotatable bonds is 7. The molecule has 0 amide bonds. The first-order chi connectivity index (χ1) is 23.7. The first kappa shape index (κ1) is 33.0. The van der Waals surface area contributed by atoms with Gasteiger partial charge < -0.3 is 0 Å². The zero-order valence-corrected chi connectivity index (χ0v) is 33.0. The van der Waals surface area contributed by atoms with E-state index in [2.05, 4.69) is 156 Å². The second kappa shape index (κ2) is 12.2. The average Bonchev–Trinajstić information content (AvgIpc) is 3.74. The number of hydrogen-bond donors (Lipinski definition) is 0. The number of allylic oxidation sites excluding steroid dienone is 2. The SMILES string of the molecule is CCC1=Cc2c(-c3ccc4ccccc4c3)ccc(C)c2[CH]1[Zr]([Cl])([Cl])([CH2]C)[CH]1C(CC)=Cc2c(-c3ccc4ccccc4c3)ccc(C)c21. The second-order valence-corrected chi connectivity index (χ2v) is 37.3. The molecule has 2 unspecified atom stereocenters. The summed E-state index contributed by atoms with van der Waals surface area (Å²) in [7, 11) is 17.2. The summed E-state index contributed by atoms with van der Waals surface area (Å²) < 4.78 is 0.904. The fourth-order valence-electron chi connectivity index (χ4n) is 9.23. The van der Waals surface area contributed by atoms with E-state index in [4.69, 9.17) is 17.0 Å². The standard InChI is InChI=1S/2C22H19.C2H5.2ClH.Zr/c2*1-3-16-12-21-15(2)8-11-20(22(21)13-16)19-10-9-17-6-4-5-7-18(17)14-19;1-2;;;/h2*4-14H,3H2,1-2H3;1H2,2H3;2*1H;/q;;;;;+2/p-2. The molecule has 245 valence electrons. The van der Waals surface area contributed by atoms with Crippen LogP contribution in [0.4, 0.5) is 0 Å². The Balaban J connectivity index is 1.33. The summed E-state index contributed by atoms with van der Waals surface area (Å²) in [5.41, 5.74) is 15.8. The fraction of sp³-hybridized carbons (Fsp3) is 0.217. The molecule has 0 N–H and O–H groups in total. The van der Waals surface area contributed by atoms with E-state index >= 15 is 0 Å². The van der Waals surface area contributed by atoms with Gasteiger partial charge in [0.2, 0.25) is 0 Å². The first-order valence-corrected chi connectivity index (χ1v) is 28.8. The first-order valence-electron chi connectivity index (χ1n) is 17.9. The molecule has 3 heteroatoms. The van der Waals surface area contributed by atoms with Crippen LogP contribution in [0, 0.1) is 13.8 Å². The van der Waals surface area contributed by atoms with Gasteiger partial charge in [0.05, 0.1) is 0 Å². The zero-order valence-electron chi connectivity index (χ0n) is 29.1. The van der Waals surface area contributed by atoms with E-state index < -0.39 is 16.4 Å². The average molecular weight is 758 g/mol. The van der Waals surface area contributed by atoms with Gasteiger partial charge in [-0.05, 0) is 0 Å². The van der Waals surface area contributed by atoms with Crippen LogP contribution in [0.5, 0.6) is 0 Å². The normalized spacial score (nSPS) is 17.8. The van der Waals surface area contributed by atoms with Crippen LogP contribution in [-0.4, -0.2) is 0 Å². The molecule has 0 fully saturated rings. The minimum atomic E-state index is -4.91. The summed E-state index contributed by atoms with van der Waals surface area (Å²) in [6.45, 7) is 11.4. The third-order valence-corrected chi connectivity index (χ3v) is 32.5. The molecule has 6 aromatic rings. The van der Waals surface area contributed by atoms with Crippen LogP contribution >= 0.6 is 17.0 Å². The summed E-state index contributed by atoms with van der Waals surface area (Å²) in [4.78, 5) is 0. The van der Waals surface area contributed by atoms with Crippen molar-refractivity contribution in [3.05, 3.63) is 154 Å². The molecule has 0 spiro atoms. The molecule has 8 rings (SSSR count). The molecule has 6 aromatic carbocycles. The Morgan fingerprint density at radius 1 is 0.510 bits per heavy atom. The molecule has 0 saturated heterocycles. The topological polar surface area (TPSA) is 0 Å². The van der Waals surface area contributed by atoms with E-state index in [1.54, 1.807) is 0 Å².